The summed E-state index contributed by atoms with van der Waals surface area (Å²) >= 11 is 0. The van der Waals surface area contributed by atoms with Crippen molar-refractivity contribution in [1.29, 1.82) is 0 Å². The second kappa shape index (κ2) is 10.2. The van der Waals surface area contributed by atoms with E-state index in [0.717, 1.165) is 39.2 Å². The minimum Gasteiger partial charge on any atom is -0.456 e. The maximum atomic E-state index is 6.52. The van der Waals surface area contributed by atoms with Crippen molar-refractivity contribution >= 4 is 21.9 Å². The third kappa shape index (κ3) is 4.14. The van der Waals surface area contributed by atoms with Crippen molar-refractivity contribution in [3.8, 4) is 55.9 Å². The lowest BCUT2D eigenvalue weighted by Gasteiger charge is -2.22. The van der Waals surface area contributed by atoms with Crippen LogP contribution in [-0.4, -0.2) is 4.98 Å². The van der Waals surface area contributed by atoms with Crippen LogP contribution in [0.15, 0.2) is 156 Å². The molecule has 218 valence electrons. The highest BCUT2D eigenvalue weighted by molar-refractivity contribution is 6.09. The number of aromatic nitrogens is 1. The third-order valence-electron chi connectivity index (χ3n) is 9.65. The van der Waals surface area contributed by atoms with Gasteiger partial charge in [0.15, 0.2) is 0 Å². The maximum absolute atomic E-state index is 6.52. The van der Waals surface area contributed by atoms with Gasteiger partial charge in [0.25, 0.3) is 0 Å². The van der Waals surface area contributed by atoms with Crippen LogP contribution in [0.3, 0.4) is 0 Å². The van der Waals surface area contributed by atoms with Crippen LogP contribution in [0.4, 0.5) is 0 Å². The van der Waals surface area contributed by atoms with Gasteiger partial charge >= 0.3 is 0 Å². The first-order chi connectivity index (χ1) is 22.5. The summed E-state index contributed by atoms with van der Waals surface area (Å²) in [6, 6.07) is 54.0. The molecule has 0 N–H and O–H groups in total. The lowest BCUT2D eigenvalue weighted by molar-refractivity contribution is 0.620. The Morgan fingerprint density at radius 3 is 1.76 bits per heavy atom. The van der Waals surface area contributed by atoms with E-state index in [9.17, 15) is 0 Å². The minimum absolute atomic E-state index is 0.202. The summed E-state index contributed by atoms with van der Waals surface area (Å²) in [5, 5.41) is 2.36. The summed E-state index contributed by atoms with van der Waals surface area (Å²) in [7, 11) is 0. The number of fused-ring (bicyclic) bond motifs is 7. The van der Waals surface area contributed by atoms with Crippen molar-refractivity contribution in [1.82, 2.24) is 4.98 Å². The Morgan fingerprint density at radius 1 is 0.457 bits per heavy atom. The Kier molecular flexibility index (Phi) is 5.88. The Labute approximate surface area is 268 Å². The summed E-state index contributed by atoms with van der Waals surface area (Å²) in [5.74, 6) is 0. The first kappa shape index (κ1) is 26.7. The van der Waals surface area contributed by atoms with Gasteiger partial charge in [0.1, 0.15) is 11.2 Å². The third-order valence-corrected chi connectivity index (χ3v) is 9.65. The van der Waals surface area contributed by atoms with Gasteiger partial charge in [-0.1, -0.05) is 129 Å². The van der Waals surface area contributed by atoms with Crippen molar-refractivity contribution in [3.05, 3.63) is 163 Å². The van der Waals surface area contributed by atoms with E-state index in [-0.39, 0.29) is 5.41 Å². The molecule has 2 heteroatoms. The molecule has 0 spiro atoms. The smallest absolute Gasteiger partial charge is 0.140 e. The molecular formula is C44H31NO. The zero-order chi connectivity index (χ0) is 30.8. The monoisotopic (exact) mass is 589 g/mol. The van der Waals surface area contributed by atoms with Crippen LogP contribution < -0.4 is 0 Å². The molecule has 0 unspecified atom stereocenters. The summed E-state index contributed by atoms with van der Waals surface area (Å²) in [5.41, 5.74) is 15.8. The SMILES string of the molecule is CC1(C)c2cc(-c3cccc(-c4cc(-c5ccccc5)nc(-c5ccccc5)c4)c3)ccc2-c2ccc3c(oc4ccccc43)c21. The molecule has 0 saturated carbocycles. The topological polar surface area (TPSA) is 26.0 Å². The van der Waals surface area contributed by atoms with E-state index < -0.39 is 0 Å². The molecule has 46 heavy (non-hydrogen) atoms. The number of benzene rings is 6. The van der Waals surface area contributed by atoms with E-state index in [1.54, 1.807) is 0 Å². The average Bonchev–Trinajstić information content (AvgIpc) is 3.60. The molecular weight excluding hydrogens is 558 g/mol. The summed E-state index contributed by atoms with van der Waals surface area (Å²) in [4.78, 5) is 5.08. The summed E-state index contributed by atoms with van der Waals surface area (Å²) in [6.45, 7) is 4.66. The normalized spacial score (nSPS) is 13.2. The number of pyridine rings is 1. The number of rotatable bonds is 4. The van der Waals surface area contributed by atoms with Gasteiger partial charge in [-0.25, -0.2) is 4.98 Å². The molecule has 0 saturated heterocycles. The fourth-order valence-corrected chi connectivity index (χ4v) is 7.33. The van der Waals surface area contributed by atoms with Gasteiger partial charge in [-0.15, -0.1) is 0 Å². The molecule has 2 nitrogen and oxygen atoms in total. The lowest BCUT2D eigenvalue weighted by atomic mass is 9.81. The van der Waals surface area contributed by atoms with Crippen LogP contribution in [0.2, 0.25) is 0 Å². The van der Waals surface area contributed by atoms with Gasteiger partial charge in [0.05, 0.1) is 11.4 Å². The molecule has 0 amide bonds. The molecule has 2 heterocycles. The minimum atomic E-state index is -0.202. The molecule has 8 aromatic rings. The van der Waals surface area contributed by atoms with Crippen LogP contribution >= 0.6 is 0 Å². The van der Waals surface area contributed by atoms with Crippen molar-refractivity contribution < 1.29 is 4.42 Å². The molecule has 0 aliphatic heterocycles. The van der Waals surface area contributed by atoms with Gasteiger partial charge in [-0.2, -0.15) is 0 Å². The van der Waals surface area contributed by atoms with Crippen molar-refractivity contribution in [2.45, 2.75) is 19.3 Å². The van der Waals surface area contributed by atoms with E-state index in [2.05, 4.69) is 147 Å². The molecule has 0 radical (unpaired) electrons. The quantitative estimate of drug-likeness (QED) is 0.204. The molecule has 9 rings (SSSR count). The van der Waals surface area contributed by atoms with E-state index in [0.29, 0.717) is 0 Å². The zero-order valence-electron chi connectivity index (χ0n) is 25.8. The van der Waals surface area contributed by atoms with Crippen LogP contribution in [0, 0.1) is 0 Å². The molecule has 0 atom stereocenters. The Bertz CT molecular complexity index is 2380. The van der Waals surface area contributed by atoms with Crippen molar-refractivity contribution in [3.63, 3.8) is 0 Å². The van der Waals surface area contributed by atoms with Gasteiger partial charge in [-0.05, 0) is 75.3 Å². The molecule has 0 fully saturated rings. The van der Waals surface area contributed by atoms with E-state index in [1.807, 2.05) is 18.2 Å². The first-order valence-electron chi connectivity index (χ1n) is 15.9. The van der Waals surface area contributed by atoms with Crippen LogP contribution in [0.1, 0.15) is 25.0 Å². The summed E-state index contributed by atoms with van der Waals surface area (Å²) < 4.78 is 6.52. The van der Waals surface area contributed by atoms with Crippen LogP contribution in [0.25, 0.3) is 77.8 Å². The molecule has 6 aromatic carbocycles. The highest BCUT2D eigenvalue weighted by Crippen LogP contribution is 2.53. The molecule has 1 aliphatic rings. The molecule has 0 bridgehead atoms. The fourth-order valence-electron chi connectivity index (χ4n) is 7.33. The second-order valence-electron chi connectivity index (χ2n) is 12.8. The highest BCUT2D eigenvalue weighted by atomic mass is 16.3. The number of furan rings is 1. The number of nitrogens with zero attached hydrogens (tertiary/aromatic N) is 1. The predicted octanol–water partition coefficient (Wildman–Crippen LogP) is 12.0. The maximum Gasteiger partial charge on any atom is 0.140 e. The van der Waals surface area contributed by atoms with E-state index >= 15 is 0 Å². The van der Waals surface area contributed by atoms with Gasteiger partial charge < -0.3 is 4.42 Å². The second-order valence-corrected chi connectivity index (χ2v) is 12.8. The van der Waals surface area contributed by atoms with E-state index in [4.69, 9.17) is 9.40 Å². The Hall–Kier alpha value is -5.73. The van der Waals surface area contributed by atoms with E-state index in [1.165, 1.54) is 49.7 Å². The first-order valence-corrected chi connectivity index (χ1v) is 15.9. The van der Waals surface area contributed by atoms with Crippen molar-refractivity contribution in [2.75, 3.05) is 0 Å². The Balaban J connectivity index is 1.15. The van der Waals surface area contributed by atoms with Crippen LogP contribution in [0.5, 0.6) is 0 Å². The van der Waals surface area contributed by atoms with Gasteiger partial charge in [0, 0.05) is 32.9 Å². The standard InChI is InChI=1S/C44H31NO/c1-44(2)38-25-32(20-21-34(38)36-22-23-37-35-18-9-10-19-41(35)46-43(37)42(36)44)30-16-11-17-31(24-30)33-26-39(28-12-5-3-6-13-28)45-40(27-33)29-14-7-4-8-15-29/h3-27H,1-2H3. The number of para-hydroxylation sites is 1. The van der Waals surface area contributed by atoms with Gasteiger partial charge in [-0.3, -0.25) is 0 Å². The summed E-state index contributed by atoms with van der Waals surface area (Å²) in [6.07, 6.45) is 0. The lowest BCUT2D eigenvalue weighted by Crippen LogP contribution is -2.15. The highest BCUT2D eigenvalue weighted by Gasteiger charge is 2.38. The molecule has 1 aliphatic carbocycles. The predicted molar refractivity (Wildman–Crippen MR) is 191 cm³/mol. The van der Waals surface area contributed by atoms with Crippen molar-refractivity contribution in [2.24, 2.45) is 0 Å². The number of hydrogen-bond donors (Lipinski definition) is 0. The Morgan fingerprint density at radius 2 is 1.04 bits per heavy atom. The van der Waals surface area contributed by atoms with Gasteiger partial charge in [0.2, 0.25) is 0 Å². The average molecular weight is 590 g/mol. The molecule has 2 aromatic heterocycles. The fraction of sp³-hybridized carbons (Fsp3) is 0.0682. The number of hydrogen-bond acceptors (Lipinski definition) is 2. The van der Waals surface area contributed by atoms with Crippen LogP contribution in [-0.2, 0) is 5.41 Å². The largest absolute Gasteiger partial charge is 0.456 e. The zero-order valence-corrected chi connectivity index (χ0v) is 25.8.